The molecule has 1 unspecified atom stereocenters. The summed E-state index contributed by atoms with van der Waals surface area (Å²) in [7, 11) is 0. The third-order valence-electron chi connectivity index (χ3n) is 4.45. The third-order valence-corrected chi connectivity index (χ3v) is 5.62. The van der Waals surface area contributed by atoms with Crippen molar-refractivity contribution in [2.45, 2.75) is 24.9 Å². The lowest BCUT2D eigenvalue weighted by molar-refractivity contribution is 0.0224. The second-order valence-corrected chi connectivity index (χ2v) is 7.50. The van der Waals surface area contributed by atoms with Gasteiger partial charge in [-0.25, -0.2) is 4.79 Å². The number of nitrogens with zero attached hydrogens (tertiary/aromatic N) is 1. The van der Waals surface area contributed by atoms with E-state index in [9.17, 15) is 4.79 Å². The van der Waals surface area contributed by atoms with Crippen LogP contribution in [0.25, 0.3) is 0 Å². The Morgan fingerprint density at radius 1 is 1.19 bits per heavy atom. The average Bonchev–Trinajstić information content (AvgIpc) is 3.14. The molecule has 0 radical (unpaired) electrons. The number of likely N-dealkylation sites (N-methyl/N-ethyl adjacent to an activating group) is 1. The molecule has 0 saturated heterocycles. The molecular weight excluding hydrogens is 346 g/mol. The number of hydrogen-bond donors (Lipinski definition) is 1. The first kappa shape index (κ1) is 18.5. The smallest absolute Gasteiger partial charge is 0.335 e. The fraction of sp³-hybridized carbons (Fsp3) is 0.286. The van der Waals surface area contributed by atoms with Crippen molar-refractivity contribution in [2.75, 3.05) is 18.0 Å². The molecule has 0 amide bonds. The summed E-state index contributed by atoms with van der Waals surface area (Å²) < 4.78 is 6.36. The van der Waals surface area contributed by atoms with Crippen LogP contribution in [-0.4, -0.2) is 29.1 Å². The minimum atomic E-state index is -0.905. The van der Waals surface area contributed by atoms with E-state index >= 15 is 0 Å². The highest BCUT2D eigenvalue weighted by atomic mass is 32.2. The molecule has 136 valence electrons. The van der Waals surface area contributed by atoms with Crippen molar-refractivity contribution in [3.63, 3.8) is 0 Å². The summed E-state index contributed by atoms with van der Waals surface area (Å²) in [6.45, 7) is 4.23. The second-order valence-electron chi connectivity index (χ2n) is 6.24. The van der Waals surface area contributed by atoms with Crippen molar-refractivity contribution < 1.29 is 14.6 Å². The van der Waals surface area contributed by atoms with Crippen molar-refractivity contribution in [1.29, 1.82) is 0 Å². The number of aromatic carboxylic acids is 1. The molecule has 0 fully saturated rings. The Hall–Kier alpha value is -2.24. The predicted molar refractivity (Wildman–Crippen MR) is 107 cm³/mol. The maximum Gasteiger partial charge on any atom is 0.335 e. The third kappa shape index (κ3) is 4.48. The quantitative estimate of drug-likeness (QED) is 0.726. The molecule has 0 saturated carbocycles. The molecule has 1 aliphatic rings. The van der Waals surface area contributed by atoms with Gasteiger partial charge in [0.15, 0.2) is 0 Å². The number of thioether (sulfide) groups is 1. The molecule has 0 aromatic heterocycles. The van der Waals surface area contributed by atoms with Gasteiger partial charge in [-0.2, -0.15) is 0 Å². The number of anilines is 1. The van der Waals surface area contributed by atoms with E-state index in [1.807, 2.05) is 30.3 Å². The molecule has 1 atom stereocenters. The van der Waals surface area contributed by atoms with Crippen LogP contribution >= 0.6 is 11.8 Å². The van der Waals surface area contributed by atoms with Gasteiger partial charge in [0.1, 0.15) is 4.93 Å². The Bertz CT molecular complexity index is 751. The Kier molecular flexibility index (Phi) is 6.01. The van der Waals surface area contributed by atoms with Crippen LogP contribution in [0.1, 0.15) is 29.3 Å². The van der Waals surface area contributed by atoms with E-state index in [0.29, 0.717) is 12.2 Å². The van der Waals surface area contributed by atoms with Crippen LogP contribution in [0.2, 0.25) is 0 Å². The normalized spacial score (nSPS) is 18.8. The minimum absolute atomic E-state index is 0.303. The lowest BCUT2D eigenvalue weighted by Crippen LogP contribution is -2.41. The van der Waals surface area contributed by atoms with Crippen molar-refractivity contribution in [2.24, 2.45) is 0 Å². The van der Waals surface area contributed by atoms with Gasteiger partial charge in [-0.3, -0.25) is 0 Å². The molecule has 2 aromatic rings. The summed E-state index contributed by atoms with van der Waals surface area (Å²) in [5, 5.41) is 11.2. The summed E-state index contributed by atoms with van der Waals surface area (Å²) in [6.07, 6.45) is 3.01. The van der Waals surface area contributed by atoms with E-state index in [2.05, 4.69) is 35.4 Å². The van der Waals surface area contributed by atoms with Gasteiger partial charge in [-0.05, 0) is 42.2 Å². The number of hydrogen-bond acceptors (Lipinski definition) is 4. The van der Waals surface area contributed by atoms with Gasteiger partial charge < -0.3 is 14.7 Å². The van der Waals surface area contributed by atoms with Crippen molar-refractivity contribution >= 4 is 23.4 Å². The van der Waals surface area contributed by atoms with Crippen LogP contribution in [0.3, 0.4) is 0 Å². The zero-order chi connectivity index (χ0) is 18.4. The van der Waals surface area contributed by atoms with Gasteiger partial charge in [0.2, 0.25) is 0 Å². The highest BCUT2D eigenvalue weighted by molar-refractivity contribution is 8.03. The van der Waals surface area contributed by atoms with Crippen LogP contribution in [0.5, 0.6) is 0 Å². The highest BCUT2D eigenvalue weighted by Gasteiger charge is 2.35. The number of carboxylic acids is 1. The summed E-state index contributed by atoms with van der Waals surface area (Å²) in [6, 6.07) is 17.2. The van der Waals surface area contributed by atoms with Crippen molar-refractivity contribution in [3.8, 4) is 0 Å². The van der Waals surface area contributed by atoms with E-state index in [4.69, 9.17) is 9.84 Å². The molecular formula is C21H23NO3S. The fourth-order valence-corrected chi connectivity index (χ4v) is 3.96. The Morgan fingerprint density at radius 2 is 1.92 bits per heavy atom. The number of rotatable bonds is 8. The van der Waals surface area contributed by atoms with E-state index in [-0.39, 0.29) is 4.93 Å². The molecule has 3 rings (SSSR count). The Morgan fingerprint density at radius 3 is 2.50 bits per heavy atom. The van der Waals surface area contributed by atoms with Crippen molar-refractivity contribution in [3.05, 3.63) is 77.2 Å². The van der Waals surface area contributed by atoms with E-state index in [1.165, 1.54) is 0 Å². The predicted octanol–water partition coefficient (Wildman–Crippen LogP) is 4.77. The summed E-state index contributed by atoms with van der Waals surface area (Å²) in [5.41, 5.74) is 2.47. The van der Waals surface area contributed by atoms with Crippen LogP contribution in [-0.2, 0) is 11.3 Å². The number of benzene rings is 2. The molecule has 5 heteroatoms. The fourth-order valence-electron chi connectivity index (χ4n) is 2.97. The number of ether oxygens (including phenoxy) is 1. The summed E-state index contributed by atoms with van der Waals surface area (Å²) in [5.74, 6) is -0.905. The average molecular weight is 369 g/mol. The lowest BCUT2D eigenvalue weighted by Gasteiger charge is -2.35. The molecule has 0 bridgehead atoms. The van der Waals surface area contributed by atoms with Crippen LogP contribution in [0, 0.1) is 0 Å². The molecule has 1 aliphatic heterocycles. The van der Waals surface area contributed by atoms with Crippen molar-refractivity contribution in [1.82, 2.24) is 0 Å². The summed E-state index contributed by atoms with van der Waals surface area (Å²) >= 11 is 1.72. The maximum absolute atomic E-state index is 11.1. The monoisotopic (exact) mass is 369 g/mol. The molecule has 0 spiro atoms. The van der Waals surface area contributed by atoms with Crippen LogP contribution < -0.4 is 4.90 Å². The highest BCUT2D eigenvalue weighted by Crippen LogP contribution is 2.40. The van der Waals surface area contributed by atoms with Crippen LogP contribution in [0.15, 0.2) is 66.1 Å². The van der Waals surface area contributed by atoms with Gasteiger partial charge >= 0.3 is 5.97 Å². The lowest BCUT2D eigenvalue weighted by atomic mass is 10.1. The first-order valence-electron chi connectivity index (χ1n) is 8.71. The molecule has 0 aliphatic carbocycles. The minimum Gasteiger partial charge on any atom is -0.478 e. The van der Waals surface area contributed by atoms with Crippen LogP contribution in [0.4, 0.5) is 5.69 Å². The zero-order valence-corrected chi connectivity index (χ0v) is 15.6. The number of carbonyl (C=O) groups is 1. The second kappa shape index (κ2) is 8.43. The van der Waals surface area contributed by atoms with E-state index in [0.717, 1.165) is 30.8 Å². The summed E-state index contributed by atoms with van der Waals surface area (Å²) in [4.78, 5) is 13.0. The Labute approximate surface area is 158 Å². The zero-order valence-electron chi connectivity index (χ0n) is 14.8. The van der Waals surface area contributed by atoms with Gasteiger partial charge in [0, 0.05) is 18.7 Å². The molecule has 2 aromatic carbocycles. The maximum atomic E-state index is 11.1. The van der Waals surface area contributed by atoms with Gasteiger partial charge in [0.05, 0.1) is 18.7 Å². The Balaban J connectivity index is 1.71. The van der Waals surface area contributed by atoms with Gasteiger partial charge in [-0.15, -0.1) is 0 Å². The van der Waals surface area contributed by atoms with E-state index < -0.39 is 5.97 Å². The topological polar surface area (TPSA) is 49.8 Å². The first-order chi connectivity index (χ1) is 12.6. The standard InChI is InChI=1S/C21H23NO3S/c1-2-22(19-11-9-18(10-12-19)20(23)24)16-21(13-6-14-26-21)25-15-17-7-4-3-5-8-17/h3-12,14H,2,13,15-16H2,1H3,(H,23,24). The SMILES string of the molecule is CCN(CC1(OCc2ccccc2)CC=CS1)c1ccc(C(=O)O)cc1. The van der Waals surface area contributed by atoms with Gasteiger partial charge in [0.25, 0.3) is 0 Å². The van der Waals surface area contributed by atoms with E-state index in [1.54, 1.807) is 23.9 Å². The molecule has 26 heavy (non-hydrogen) atoms. The molecule has 1 heterocycles. The molecule has 1 N–H and O–H groups in total. The van der Waals surface area contributed by atoms with Gasteiger partial charge in [-0.1, -0.05) is 48.2 Å². The first-order valence-corrected chi connectivity index (χ1v) is 9.59. The largest absolute Gasteiger partial charge is 0.478 e. The number of carboxylic acid groups (broad SMARTS) is 1. The molecule has 4 nitrogen and oxygen atoms in total.